The smallest absolute Gasteiger partial charge is 0.221 e. The van der Waals surface area contributed by atoms with E-state index in [-0.39, 0.29) is 10.8 Å². The fourth-order valence-corrected chi connectivity index (χ4v) is 5.89. The summed E-state index contributed by atoms with van der Waals surface area (Å²) < 4.78 is 102. The molecule has 1 aliphatic heterocycles. The SMILES string of the molecule is CCC1(CC)C=Cc2cc(C(C)(C)C)c(F)c3c4cc(C(C(F)(F)F)C(F)(F)F)ccc4n4cc[n+]1c4c23. The lowest BCUT2D eigenvalue weighted by Crippen LogP contribution is -2.53. The van der Waals surface area contributed by atoms with Crippen LogP contribution in [-0.4, -0.2) is 16.8 Å². The first-order chi connectivity index (χ1) is 17.5. The van der Waals surface area contributed by atoms with Crippen LogP contribution in [0.2, 0.25) is 0 Å². The lowest BCUT2D eigenvalue weighted by molar-refractivity contribution is -0.729. The van der Waals surface area contributed by atoms with Gasteiger partial charge in [0, 0.05) is 10.8 Å². The molecule has 5 rings (SSSR count). The van der Waals surface area contributed by atoms with Gasteiger partial charge in [-0.3, -0.25) is 0 Å². The van der Waals surface area contributed by atoms with Gasteiger partial charge in [0.25, 0.3) is 5.65 Å². The van der Waals surface area contributed by atoms with Gasteiger partial charge in [-0.1, -0.05) is 46.8 Å². The fraction of sp³-hybridized carbons (Fsp3) is 0.414. The number of fused-ring (bicyclic) bond motifs is 3. The van der Waals surface area contributed by atoms with Gasteiger partial charge in [0.15, 0.2) is 5.92 Å². The Morgan fingerprint density at radius 3 is 2.11 bits per heavy atom. The molecule has 0 spiro atoms. The Hall–Kier alpha value is -3.10. The fourth-order valence-electron chi connectivity index (χ4n) is 5.89. The van der Waals surface area contributed by atoms with Crippen molar-refractivity contribution in [3.8, 4) is 0 Å². The van der Waals surface area contributed by atoms with Crippen molar-refractivity contribution in [2.45, 2.75) is 76.7 Å². The second kappa shape index (κ2) is 8.20. The van der Waals surface area contributed by atoms with Crippen LogP contribution in [-0.2, 0) is 11.0 Å². The van der Waals surface area contributed by atoms with Crippen LogP contribution in [0.15, 0.2) is 42.7 Å². The summed E-state index contributed by atoms with van der Waals surface area (Å²) in [4.78, 5) is 0. The summed E-state index contributed by atoms with van der Waals surface area (Å²) in [6.45, 7) is 9.54. The number of nitrogens with zero attached hydrogens (tertiary/aromatic N) is 2. The predicted octanol–water partition coefficient (Wildman–Crippen LogP) is 8.72. The molecule has 0 radical (unpaired) electrons. The highest BCUT2D eigenvalue weighted by Gasteiger charge is 2.57. The quantitative estimate of drug-likeness (QED) is 0.140. The van der Waals surface area contributed by atoms with Gasteiger partial charge in [-0.25, -0.2) is 8.96 Å². The molecule has 4 aromatic rings. The molecule has 0 saturated heterocycles. The summed E-state index contributed by atoms with van der Waals surface area (Å²) in [5.41, 5.74) is -0.100. The van der Waals surface area contributed by atoms with Gasteiger partial charge in [0.2, 0.25) is 0 Å². The number of aromatic nitrogens is 2. The second-order valence-corrected chi connectivity index (χ2v) is 11.1. The normalized spacial score (nSPS) is 15.9. The van der Waals surface area contributed by atoms with E-state index in [1.165, 1.54) is 6.07 Å². The van der Waals surface area contributed by atoms with Gasteiger partial charge in [0.05, 0.1) is 5.39 Å². The van der Waals surface area contributed by atoms with E-state index in [1.807, 2.05) is 51.5 Å². The zero-order valence-electron chi connectivity index (χ0n) is 21.7. The van der Waals surface area contributed by atoms with Gasteiger partial charge in [-0.05, 0) is 59.2 Å². The van der Waals surface area contributed by atoms with E-state index < -0.39 is 40.6 Å². The molecule has 38 heavy (non-hydrogen) atoms. The average Bonchev–Trinajstić information content (AvgIpc) is 3.18. The number of imidazole rings is 1. The van der Waals surface area contributed by atoms with Crippen molar-refractivity contribution in [3.63, 3.8) is 0 Å². The molecular formula is C29H28F7N2+. The molecular weight excluding hydrogens is 509 g/mol. The van der Waals surface area contributed by atoms with Crippen molar-refractivity contribution < 1.29 is 35.3 Å². The van der Waals surface area contributed by atoms with E-state index in [9.17, 15) is 26.3 Å². The Morgan fingerprint density at radius 1 is 0.921 bits per heavy atom. The van der Waals surface area contributed by atoms with Crippen LogP contribution in [0.3, 0.4) is 0 Å². The molecule has 0 fully saturated rings. The third kappa shape index (κ3) is 3.72. The van der Waals surface area contributed by atoms with Crippen LogP contribution < -0.4 is 4.57 Å². The zero-order valence-corrected chi connectivity index (χ0v) is 21.7. The van der Waals surface area contributed by atoms with Crippen molar-refractivity contribution in [2.24, 2.45) is 0 Å². The van der Waals surface area contributed by atoms with Crippen LogP contribution >= 0.6 is 0 Å². The molecule has 9 heteroatoms. The summed E-state index contributed by atoms with van der Waals surface area (Å²) in [5, 5.41) is 0.491. The maximum absolute atomic E-state index is 16.5. The minimum Gasteiger partial charge on any atom is -0.221 e. The van der Waals surface area contributed by atoms with Gasteiger partial charge in [-0.2, -0.15) is 30.7 Å². The average molecular weight is 538 g/mol. The number of hydrogen-bond donors (Lipinski definition) is 0. The molecule has 0 saturated carbocycles. The van der Waals surface area contributed by atoms with Crippen molar-refractivity contribution in [1.82, 2.24) is 4.40 Å². The summed E-state index contributed by atoms with van der Waals surface area (Å²) >= 11 is 0. The molecule has 3 heterocycles. The number of hydrogen-bond acceptors (Lipinski definition) is 0. The second-order valence-electron chi connectivity index (χ2n) is 11.1. The van der Waals surface area contributed by atoms with E-state index in [0.717, 1.165) is 25.0 Å². The number of halogens is 7. The molecule has 0 bridgehead atoms. The van der Waals surface area contributed by atoms with Crippen molar-refractivity contribution in [3.05, 3.63) is 65.2 Å². The van der Waals surface area contributed by atoms with Crippen LogP contribution in [0.1, 0.15) is 70.1 Å². The third-order valence-electron chi connectivity index (χ3n) is 7.96. The van der Waals surface area contributed by atoms with E-state index in [4.69, 9.17) is 0 Å². The summed E-state index contributed by atoms with van der Waals surface area (Å²) in [6, 6.07) is 4.69. The largest absolute Gasteiger partial charge is 0.404 e. The monoisotopic (exact) mass is 537 g/mol. The first-order valence-corrected chi connectivity index (χ1v) is 12.5. The number of benzene rings is 2. The van der Waals surface area contributed by atoms with Crippen LogP contribution in [0.4, 0.5) is 30.7 Å². The molecule has 0 atom stereocenters. The summed E-state index contributed by atoms with van der Waals surface area (Å²) in [5.74, 6) is -4.32. The lowest BCUT2D eigenvalue weighted by Gasteiger charge is -2.25. The maximum atomic E-state index is 16.5. The first-order valence-electron chi connectivity index (χ1n) is 12.5. The molecule has 2 aromatic carbocycles. The van der Waals surface area contributed by atoms with Crippen molar-refractivity contribution in [1.29, 1.82) is 0 Å². The van der Waals surface area contributed by atoms with Gasteiger partial charge in [0.1, 0.15) is 29.3 Å². The molecule has 1 aliphatic rings. The molecule has 2 aromatic heterocycles. The predicted molar refractivity (Wildman–Crippen MR) is 134 cm³/mol. The van der Waals surface area contributed by atoms with Crippen LogP contribution in [0.5, 0.6) is 0 Å². The Labute approximate surface area is 215 Å². The van der Waals surface area contributed by atoms with Crippen LogP contribution in [0.25, 0.3) is 33.4 Å². The zero-order chi connectivity index (χ0) is 28.0. The van der Waals surface area contributed by atoms with E-state index in [0.29, 0.717) is 27.7 Å². The number of alkyl halides is 6. The number of allylic oxidation sites excluding steroid dienone is 1. The summed E-state index contributed by atoms with van der Waals surface area (Å²) in [7, 11) is 0. The molecule has 202 valence electrons. The van der Waals surface area contributed by atoms with E-state index >= 15 is 4.39 Å². The Bertz CT molecular complexity index is 1600. The lowest BCUT2D eigenvalue weighted by atomic mass is 9.83. The number of rotatable bonds is 3. The van der Waals surface area contributed by atoms with Crippen molar-refractivity contribution in [2.75, 3.05) is 0 Å². The minimum absolute atomic E-state index is 0.00463. The maximum Gasteiger partial charge on any atom is 0.404 e. The Balaban J connectivity index is 2.04. The molecule has 0 amide bonds. The Morgan fingerprint density at radius 2 is 1.55 bits per heavy atom. The van der Waals surface area contributed by atoms with Gasteiger partial charge in [-0.15, -0.1) is 0 Å². The first kappa shape index (κ1) is 26.5. The Kier molecular flexibility index (Phi) is 5.72. The summed E-state index contributed by atoms with van der Waals surface area (Å²) in [6.07, 6.45) is -2.12. The standard InChI is InChI=1S/C29H28F7N2/c1-6-27(7-2)11-10-16-15-19(26(3,4)5)23(30)22-18-14-17(24(28(31,32)33)29(34,35)36)8-9-20(18)37-12-13-38(27)25(37)21(16)22/h8-15,24H,6-7H2,1-5H3/q+1. The molecule has 0 aliphatic carbocycles. The molecule has 0 unspecified atom stereocenters. The third-order valence-corrected chi connectivity index (χ3v) is 7.96. The van der Waals surface area contributed by atoms with Crippen LogP contribution in [0, 0.1) is 5.82 Å². The molecule has 2 nitrogen and oxygen atoms in total. The highest BCUT2D eigenvalue weighted by atomic mass is 19.4. The highest BCUT2D eigenvalue weighted by Crippen LogP contribution is 2.48. The van der Waals surface area contributed by atoms with E-state index in [2.05, 4.69) is 6.08 Å². The van der Waals surface area contributed by atoms with E-state index in [1.54, 1.807) is 16.7 Å². The van der Waals surface area contributed by atoms with Crippen molar-refractivity contribution >= 4 is 33.4 Å². The number of pyridine rings is 1. The molecule has 0 N–H and O–H groups in total. The topological polar surface area (TPSA) is 8.29 Å². The minimum atomic E-state index is -5.56. The van der Waals surface area contributed by atoms with Gasteiger partial charge < -0.3 is 0 Å². The highest BCUT2D eigenvalue weighted by molar-refractivity contribution is 6.14. The van der Waals surface area contributed by atoms with Gasteiger partial charge >= 0.3 is 12.4 Å².